The van der Waals surface area contributed by atoms with Crippen molar-refractivity contribution in [3.8, 4) is 22.4 Å². The largest absolute Gasteiger partial charge is 0.384 e. The third-order valence-corrected chi connectivity index (χ3v) is 6.80. The summed E-state index contributed by atoms with van der Waals surface area (Å²) in [6, 6.07) is 6.67. The number of piperazine rings is 1. The third-order valence-electron chi connectivity index (χ3n) is 6.50. The van der Waals surface area contributed by atoms with Crippen LogP contribution in [0.4, 0.5) is 10.2 Å². The second-order valence-corrected chi connectivity index (χ2v) is 9.22. The van der Waals surface area contributed by atoms with Crippen molar-refractivity contribution in [2.24, 2.45) is 0 Å². The number of carbonyl (C=O) groups excluding carboxylic acids is 1. The Morgan fingerprint density at radius 2 is 1.92 bits per heavy atom. The summed E-state index contributed by atoms with van der Waals surface area (Å²) in [5.41, 5.74) is 8.86. The Kier molecular flexibility index (Phi) is 8.13. The van der Waals surface area contributed by atoms with Crippen LogP contribution in [0.25, 0.3) is 22.4 Å². The quantitative estimate of drug-likeness (QED) is 0.512. The predicted octanol–water partition coefficient (Wildman–Crippen LogP) is 3.94. The highest BCUT2D eigenvalue weighted by Crippen LogP contribution is 2.35. The van der Waals surface area contributed by atoms with E-state index in [1.54, 1.807) is 30.3 Å². The van der Waals surface area contributed by atoms with E-state index in [9.17, 15) is 4.79 Å². The highest BCUT2D eigenvalue weighted by Gasteiger charge is 2.28. The van der Waals surface area contributed by atoms with Gasteiger partial charge in [-0.15, -0.1) is 0 Å². The van der Waals surface area contributed by atoms with E-state index in [2.05, 4.69) is 26.8 Å². The van der Waals surface area contributed by atoms with Crippen LogP contribution in [-0.4, -0.2) is 76.6 Å². The third kappa shape index (κ3) is 5.33. The monoisotopic (exact) mass is 512 g/mol. The zero-order valence-electron chi connectivity index (χ0n) is 20.7. The number of nitrogen functional groups attached to an aromatic ring is 1. The summed E-state index contributed by atoms with van der Waals surface area (Å²) in [6.07, 6.45) is 3.72. The van der Waals surface area contributed by atoms with E-state index in [1.165, 1.54) is 12.4 Å². The minimum Gasteiger partial charge on any atom is -0.384 e. The topological polar surface area (TPSA) is 97.5 Å². The molecule has 36 heavy (non-hydrogen) atoms. The molecule has 0 spiro atoms. The minimum absolute atomic E-state index is 0.0447. The van der Waals surface area contributed by atoms with E-state index in [-0.39, 0.29) is 16.6 Å². The molecule has 4 rings (SSSR count). The molecule has 190 valence electrons. The number of hydrogen-bond acceptors (Lipinski definition) is 7. The van der Waals surface area contributed by atoms with Gasteiger partial charge >= 0.3 is 0 Å². The van der Waals surface area contributed by atoms with Gasteiger partial charge in [0.2, 0.25) is 0 Å². The summed E-state index contributed by atoms with van der Waals surface area (Å²) in [6.45, 7) is 7.04. The Hall–Kier alpha value is -3.14. The van der Waals surface area contributed by atoms with Crippen molar-refractivity contribution in [2.45, 2.75) is 26.3 Å². The number of halogens is 2. The number of nitrogens with two attached hydrogens (primary N) is 1. The first-order chi connectivity index (χ1) is 17.3. The van der Waals surface area contributed by atoms with E-state index in [1.807, 2.05) is 13.0 Å². The molecule has 1 atom stereocenters. The smallest absolute Gasteiger partial charge is 0.258 e. The molecule has 1 fully saturated rings. The molecule has 2 aromatic heterocycles. The van der Waals surface area contributed by atoms with Gasteiger partial charge in [-0.1, -0.05) is 18.5 Å². The molecular formula is C26H30ClFN6O2. The Labute approximate surface area is 215 Å². The number of benzene rings is 1. The number of amides is 1. The number of nitrogens with zero attached hydrogens (tertiary/aromatic N) is 5. The molecule has 2 N–H and O–H groups in total. The highest BCUT2D eigenvalue weighted by molar-refractivity contribution is 6.34. The first kappa shape index (κ1) is 25.9. The van der Waals surface area contributed by atoms with Crippen LogP contribution in [0.5, 0.6) is 0 Å². The number of hydrogen-bond donors (Lipinski definition) is 1. The number of carbonyl (C=O) groups is 1. The molecule has 1 saturated heterocycles. The standard InChI is InChI=1S/C26H30ClFN6O2/c1-4-21-23(17-5-6-22(29)30-13-17)25(32-15-31-21)18-11-19(27)24(20(28)12-18)26(35)34-9-7-33(8-10-34)16(2)14-36-3/h5-6,11-13,15-16H,4,7-10,14H2,1-3H3,(H2,29,30). The number of pyridine rings is 1. The Balaban J connectivity index is 1.64. The number of methoxy groups -OCH3 is 1. The van der Waals surface area contributed by atoms with Crippen LogP contribution < -0.4 is 5.73 Å². The van der Waals surface area contributed by atoms with Crippen molar-refractivity contribution in [2.75, 3.05) is 45.6 Å². The van der Waals surface area contributed by atoms with E-state index in [4.69, 9.17) is 22.1 Å². The van der Waals surface area contributed by atoms with Crippen molar-refractivity contribution >= 4 is 23.3 Å². The number of rotatable bonds is 7. The van der Waals surface area contributed by atoms with E-state index in [0.29, 0.717) is 56.3 Å². The molecule has 0 aliphatic carbocycles. The van der Waals surface area contributed by atoms with Gasteiger partial charge in [-0.3, -0.25) is 9.69 Å². The molecule has 1 amide bonds. The summed E-state index contributed by atoms with van der Waals surface area (Å²) in [5, 5.41) is 0.0447. The fourth-order valence-corrected chi connectivity index (χ4v) is 4.84. The first-order valence-corrected chi connectivity index (χ1v) is 12.3. The van der Waals surface area contributed by atoms with Crippen LogP contribution in [0.2, 0.25) is 5.02 Å². The number of aromatic nitrogens is 3. The van der Waals surface area contributed by atoms with Crippen molar-refractivity contribution in [3.05, 3.63) is 58.9 Å². The number of anilines is 1. The zero-order valence-corrected chi connectivity index (χ0v) is 21.4. The van der Waals surface area contributed by atoms with Gasteiger partial charge in [0, 0.05) is 62.2 Å². The maximum absolute atomic E-state index is 15.4. The molecule has 0 bridgehead atoms. The highest BCUT2D eigenvalue weighted by atomic mass is 35.5. The van der Waals surface area contributed by atoms with Crippen LogP contribution in [0.1, 0.15) is 29.9 Å². The van der Waals surface area contributed by atoms with Gasteiger partial charge in [0.1, 0.15) is 18.0 Å². The zero-order chi connectivity index (χ0) is 25.8. The number of ether oxygens (including phenoxy) is 1. The van der Waals surface area contributed by atoms with Crippen molar-refractivity contribution < 1.29 is 13.9 Å². The molecule has 0 radical (unpaired) electrons. The van der Waals surface area contributed by atoms with E-state index >= 15 is 4.39 Å². The lowest BCUT2D eigenvalue weighted by Crippen LogP contribution is -2.52. The van der Waals surface area contributed by atoms with Crippen LogP contribution in [0, 0.1) is 5.82 Å². The molecule has 1 aliphatic rings. The lowest BCUT2D eigenvalue weighted by molar-refractivity contribution is 0.0446. The fraction of sp³-hybridized carbons (Fsp3) is 0.385. The molecular weight excluding hydrogens is 483 g/mol. The summed E-state index contributed by atoms with van der Waals surface area (Å²) in [5.74, 6) is -0.708. The molecule has 1 aliphatic heterocycles. The summed E-state index contributed by atoms with van der Waals surface area (Å²) in [4.78, 5) is 30.1. The minimum atomic E-state index is -0.685. The van der Waals surface area contributed by atoms with Crippen molar-refractivity contribution in [1.82, 2.24) is 24.8 Å². The van der Waals surface area contributed by atoms with Crippen LogP contribution in [0.15, 0.2) is 36.8 Å². The van der Waals surface area contributed by atoms with Gasteiger partial charge in [-0.25, -0.2) is 19.3 Å². The average Bonchev–Trinajstić information content (AvgIpc) is 2.88. The van der Waals surface area contributed by atoms with Crippen LogP contribution in [-0.2, 0) is 11.2 Å². The molecule has 10 heteroatoms. The van der Waals surface area contributed by atoms with Gasteiger partial charge in [0.15, 0.2) is 0 Å². The summed E-state index contributed by atoms with van der Waals surface area (Å²) >= 11 is 6.53. The lowest BCUT2D eigenvalue weighted by atomic mass is 9.96. The molecule has 0 saturated carbocycles. The summed E-state index contributed by atoms with van der Waals surface area (Å²) < 4.78 is 20.7. The Bertz CT molecular complexity index is 1210. The van der Waals surface area contributed by atoms with E-state index < -0.39 is 11.7 Å². The SMILES string of the molecule is CCc1ncnc(-c2cc(F)c(C(=O)N3CCN(C(C)COC)CC3)c(Cl)c2)c1-c1ccc(N)nc1. The average molecular weight is 513 g/mol. The van der Waals surface area contributed by atoms with Crippen LogP contribution in [0.3, 0.4) is 0 Å². The number of aryl methyl sites for hydroxylation is 1. The van der Waals surface area contributed by atoms with Crippen molar-refractivity contribution in [1.29, 1.82) is 0 Å². The normalized spacial score (nSPS) is 15.2. The fourth-order valence-electron chi connectivity index (χ4n) is 4.55. The van der Waals surface area contributed by atoms with Gasteiger partial charge in [0.05, 0.1) is 28.6 Å². The molecule has 1 aromatic carbocycles. The summed E-state index contributed by atoms with van der Waals surface area (Å²) in [7, 11) is 1.67. The maximum Gasteiger partial charge on any atom is 0.258 e. The molecule has 3 aromatic rings. The van der Waals surface area contributed by atoms with Gasteiger partial charge in [-0.05, 0) is 37.6 Å². The Morgan fingerprint density at radius 1 is 1.17 bits per heavy atom. The first-order valence-electron chi connectivity index (χ1n) is 11.9. The Morgan fingerprint density at radius 3 is 2.53 bits per heavy atom. The maximum atomic E-state index is 15.4. The second kappa shape index (κ2) is 11.3. The van der Waals surface area contributed by atoms with E-state index in [0.717, 1.165) is 16.8 Å². The molecule has 1 unspecified atom stereocenters. The van der Waals surface area contributed by atoms with Gasteiger partial charge in [-0.2, -0.15) is 0 Å². The second-order valence-electron chi connectivity index (χ2n) is 8.82. The van der Waals surface area contributed by atoms with Gasteiger partial charge in [0.25, 0.3) is 5.91 Å². The molecule has 3 heterocycles. The van der Waals surface area contributed by atoms with Crippen LogP contribution >= 0.6 is 11.6 Å². The lowest BCUT2D eigenvalue weighted by Gasteiger charge is -2.38. The predicted molar refractivity (Wildman–Crippen MR) is 138 cm³/mol. The molecule has 8 nitrogen and oxygen atoms in total. The van der Waals surface area contributed by atoms with Gasteiger partial charge < -0.3 is 15.4 Å². The van der Waals surface area contributed by atoms with Crippen molar-refractivity contribution in [3.63, 3.8) is 0 Å².